The SMILES string of the molecule is Cn1nnnc1Sc1ccc([N+](=O)[O-])cc1C(=O)Nc1cccc(OC(F)(F)F)c1. The molecule has 2 aromatic carbocycles. The van der Waals surface area contributed by atoms with Gasteiger partial charge in [0.15, 0.2) is 0 Å². The molecular weight excluding hydrogens is 429 g/mol. The number of tetrazole rings is 1. The summed E-state index contributed by atoms with van der Waals surface area (Å²) in [4.78, 5) is 23.5. The van der Waals surface area contributed by atoms with Crippen LogP contribution in [0.1, 0.15) is 10.4 Å². The number of benzene rings is 2. The van der Waals surface area contributed by atoms with Gasteiger partial charge in [0.1, 0.15) is 5.75 Å². The Bertz CT molecular complexity index is 1100. The first kappa shape index (κ1) is 21.0. The zero-order valence-corrected chi connectivity index (χ0v) is 15.8. The lowest BCUT2D eigenvalue weighted by Crippen LogP contribution is -2.17. The maximum atomic E-state index is 12.8. The Hall–Kier alpha value is -3.68. The van der Waals surface area contributed by atoms with Crippen molar-refractivity contribution >= 4 is 29.0 Å². The Kier molecular flexibility index (Phi) is 5.86. The second kappa shape index (κ2) is 8.36. The molecule has 3 rings (SSSR count). The number of hydrogen-bond acceptors (Lipinski definition) is 8. The number of carbonyl (C=O) groups is 1. The first-order valence-electron chi connectivity index (χ1n) is 7.98. The third-order valence-electron chi connectivity index (χ3n) is 3.53. The highest BCUT2D eigenvalue weighted by Crippen LogP contribution is 2.32. The maximum Gasteiger partial charge on any atom is 0.573 e. The Labute approximate surface area is 170 Å². The molecule has 1 N–H and O–H groups in total. The normalized spacial score (nSPS) is 11.2. The molecular formula is C16H11F3N6O4S. The number of anilines is 1. The maximum absolute atomic E-state index is 12.8. The van der Waals surface area contributed by atoms with E-state index in [1.165, 1.54) is 28.9 Å². The number of non-ortho nitro benzene ring substituents is 1. The van der Waals surface area contributed by atoms with Crippen molar-refractivity contribution < 1.29 is 27.6 Å². The van der Waals surface area contributed by atoms with E-state index in [0.717, 1.165) is 30.0 Å². The van der Waals surface area contributed by atoms with Crippen LogP contribution in [0.3, 0.4) is 0 Å². The van der Waals surface area contributed by atoms with Gasteiger partial charge in [-0.05, 0) is 40.4 Å². The number of halogens is 3. The number of aromatic nitrogens is 4. The van der Waals surface area contributed by atoms with Gasteiger partial charge in [-0.1, -0.05) is 6.07 Å². The molecule has 0 saturated heterocycles. The Morgan fingerprint density at radius 2 is 2.03 bits per heavy atom. The van der Waals surface area contributed by atoms with Crippen LogP contribution in [0.5, 0.6) is 5.75 Å². The van der Waals surface area contributed by atoms with Gasteiger partial charge in [-0.3, -0.25) is 14.9 Å². The molecule has 0 unspecified atom stereocenters. The molecule has 1 heterocycles. The highest BCUT2D eigenvalue weighted by Gasteiger charge is 2.31. The van der Waals surface area contributed by atoms with Crippen molar-refractivity contribution in [2.45, 2.75) is 16.4 Å². The number of amides is 1. The predicted molar refractivity (Wildman–Crippen MR) is 97.1 cm³/mol. The molecule has 0 fully saturated rings. The van der Waals surface area contributed by atoms with Crippen LogP contribution >= 0.6 is 11.8 Å². The number of hydrogen-bond donors (Lipinski definition) is 1. The molecule has 0 aliphatic carbocycles. The fourth-order valence-electron chi connectivity index (χ4n) is 2.27. The van der Waals surface area contributed by atoms with Gasteiger partial charge in [-0.25, -0.2) is 4.68 Å². The summed E-state index contributed by atoms with van der Waals surface area (Å²) < 4.78 is 42.3. The minimum Gasteiger partial charge on any atom is -0.406 e. The largest absolute Gasteiger partial charge is 0.573 e. The van der Waals surface area contributed by atoms with E-state index < -0.39 is 22.9 Å². The van der Waals surface area contributed by atoms with E-state index in [4.69, 9.17) is 0 Å². The van der Waals surface area contributed by atoms with E-state index >= 15 is 0 Å². The summed E-state index contributed by atoms with van der Waals surface area (Å²) >= 11 is 0.988. The molecule has 10 nitrogen and oxygen atoms in total. The number of rotatable bonds is 6. The third kappa shape index (κ3) is 5.22. The van der Waals surface area contributed by atoms with Gasteiger partial charge in [0.25, 0.3) is 11.6 Å². The minimum atomic E-state index is -4.89. The van der Waals surface area contributed by atoms with Gasteiger partial charge in [-0.15, -0.1) is 18.3 Å². The van der Waals surface area contributed by atoms with Gasteiger partial charge in [0, 0.05) is 35.8 Å². The van der Waals surface area contributed by atoms with Crippen LogP contribution in [0, 0.1) is 10.1 Å². The van der Waals surface area contributed by atoms with Gasteiger partial charge < -0.3 is 10.1 Å². The number of carbonyl (C=O) groups excluding carboxylic acids is 1. The summed E-state index contributed by atoms with van der Waals surface area (Å²) in [6, 6.07) is 8.26. The third-order valence-corrected chi connectivity index (χ3v) is 4.63. The number of nitro groups is 1. The van der Waals surface area contributed by atoms with E-state index in [1.54, 1.807) is 7.05 Å². The fourth-order valence-corrected chi connectivity index (χ4v) is 3.11. The Morgan fingerprint density at radius 1 is 1.27 bits per heavy atom. The number of alkyl halides is 3. The van der Waals surface area contributed by atoms with Crippen molar-refractivity contribution in [2.75, 3.05) is 5.32 Å². The summed E-state index contributed by atoms with van der Waals surface area (Å²) in [6.45, 7) is 0. The molecule has 1 aromatic heterocycles. The van der Waals surface area contributed by atoms with Gasteiger partial charge >= 0.3 is 6.36 Å². The average molecular weight is 440 g/mol. The molecule has 0 radical (unpaired) electrons. The van der Waals surface area contributed by atoms with Crippen LogP contribution in [0.4, 0.5) is 24.5 Å². The Morgan fingerprint density at radius 3 is 2.67 bits per heavy atom. The average Bonchev–Trinajstić information content (AvgIpc) is 3.05. The highest BCUT2D eigenvalue weighted by molar-refractivity contribution is 7.99. The number of aryl methyl sites for hydroxylation is 1. The summed E-state index contributed by atoms with van der Waals surface area (Å²) in [5.74, 6) is -1.31. The minimum absolute atomic E-state index is 0.00420. The van der Waals surface area contributed by atoms with Crippen molar-refractivity contribution in [3.63, 3.8) is 0 Å². The lowest BCUT2D eigenvalue weighted by Gasteiger charge is -2.12. The number of nitrogens with one attached hydrogen (secondary N) is 1. The van der Waals surface area contributed by atoms with E-state index in [2.05, 4.69) is 25.6 Å². The number of ether oxygens (including phenoxy) is 1. The van der Waals surface area contributed by atoms with Crippen LogP contribution < -0.4 is 10.1 Å². The molecule has 0 atom stereocenters. The number of nitro benzene ring substituents is 1. The topological polar surface area (TPSA) is 125 Å². The number of nitrogens with zero attached hydrogens (tertiary/aromatic N) is 5. The molecule has 0 aliphatic rings. The standard InChI is InChI=1S/C16H11F3N6O4S/c1-24-15(21-22-23-24)30-13-6-5-10(25(27)28)8-12(13)14(26)20-9-3-2-4-11(7-9)29-16(17,18)19/h2-8H,1H3,(H,20,26). The lowest BCUT2D eigenvalue weighted by molar-refractivity contribution is -0.384. The molecule has 0 aliphatic heterocycles. The van der Waals surface area contributed by atoms with E-state index in [-0.39, 0.29) is 16.9 Å². The molecule has 1 amide bonds. The van der Waals surface area contributed by atoms with Crippen LogP contribution in [-0.4, -0.2) is 37.4 Å². The summed E-state index contributed by atoms with van der Waals surface area (Å²) in [5.41, 5.74) is -0.418. The van der Waals surface area contributed by atoms with Crippen molar-refractivity contribution in [3.05, 3.63) is 58.1 Å². The zero-order chi connectivity index (χ0) is 21.9. The molecule has 156 valence electrons. The second-order valence-corrected chi connectivity index (χ2v) is 6.66. The van der Waals surface area contributed by atoms with E-state index in [0.29, 0.717) is 10.1 Å². The fraction of sp³-hybridized carbons (Fsp3) is 0.125. The second-order valence-electron chi connectivity index (χ2n) is 5.65. The monoisotopic (exact) mass is 440 g/mol. The predicted octanol–water partition coefficient (Wildman–Crippen LogP) is 3.42. The zero-order valence-electron chi connectivity index (χ0n) is 15.0. The van der Waals surface area contributed by atoms with Crippen molar-refractivity contribution in [3.8, 4) is 5.75 Å². The van der Waals surface area contributed by atoms with Crippen LogP contribution in [0.2, 0.25) is 0 Å². The summed E-state index contributed by atoms with van der Waals surface area (Å²) in [6.07, 6.45) is -4.89. The van der Waals surface area contributed by atoms with Crippen molar-refractivity contribution in [1.82, 2.24) is 20.2 Å². The van der Waals surface area contributed by atoms with E-state index in [1.807, 2.05) is 0 Å². The smallest absolute Gasteiger partial charge is 0.406 e. The van der Waals surface area contributed by atoms with Gasteiger partial charge in [0.05, 0.1) is 10.5 Å². The van der Waals surface area contributed by atoms with E-state index in [9.17, 15) is 28.1 Å². The summed E-state index contributed by atoms with van der Waals surface area (Å²) in [5, 5.41) is 24.7. The van der Waals surface area contributed by atoms with Crippen LogP contribution in [0.25, 0.3) is 0 Å². The molecule has 0 spiro atoms. The Balaban J connectivity index is 1.90. The summed E-state index contributed by atoms with van der Waals surface area (Å²) in [7, 11) is 1.57. The first-order chi connectivity index (χ1) is 14.1. The van der Waals surface area contributed by atoms with Crippen LogP contribution in [0.15, 0.2) is 52.5 Å². The molecule has 0 bridgehead atoms. The van der Waals surface area contributed by atoms with Gasteiger partial charge in [-0.2, -0.15) is 0 Å². The molecule has 0 saturated carbocycles. The first-order valence-corrected chi connectivity index (χ1v) is 8.80. The van der Waals surface area contributed by atoms with Crippen molar-refractivity contribution in [1.29, 1.82) is 0 Å². The molecule has 14 heteroatoms. The molecule has 30 heavy (non-hydrogen) atoms. The van der Waals surface area contributed by atoms with Crippen molar-refractivity contribution in [2.24, 2.45) is 7.05 Å². The van der Waals surface area contributed by atoms with Crippen LogP contribution in [-0.2, 0) is 7.05 Å². The van der Waals surface area contributed by atoms with Gasteiger partial charge in [0.2, 0.25) is 5.16 Å². The molecule has 3 aromatic rings. The lowest BCUT2D eigenvalue weighted by atomic mass is 10.2. The quantitative estimate of drug-likeness (QED) is 0.457. The highest BCUT2D eigenvalue weighted by atomic mass is 32.2.